The van der Waals surface area contributed by atoms with Crippen molar-refractivity contribution in [3.8, 4) is 0 Å². The number of carboxylic acids is 2. The summed E-state index contributed by atoms with van der Waals surface area (Å²) in [6, 6.07) is 0. The number of rotatable bonds is 6. The molecule has 0 aliphatic heterocycles. The van der Waals surface area contributed by atoms with E-state index in [0.717, 1.165) is 6.42 Å². The largest absolute Gasteiger partial charge is 0.480 e. The quantitative estimate of drug-likeness (QED) is 0.343. The van der Waals surface area contributed by atoms with Gasteiger partial charge in [0.15, 0.2) is 5.41 Å². The molecule has 0 unspecified atom stereocenters. The van der Waals surface area contributed by atoms with Crippen LogP contribution in [0, 0.1) is 10.8 Å². The summed E-state index contributed by atoms with van der Waals surface area (Å²) in [5.41, 5.74) is -2.60. The first-order valence-electron chi connectivity index (χ1n) is 6.74. The summed E-state index contributed by atoms with van der Waals surface area (Å²) >= 11 is 0. The fourth-order valence-corrected chi connectivity index (χ4v) is 1.97. The van der Waals surface area contributed by atoms with Crippen LogP contribution in [0.15, 0.2) is 0 Å². The van der Waals surface area contributed by atoms with E-state index in [1.54, 1.807) is 0 Å². The predicted molar refractivity (Wildman–Crippen MR) is 71.6 cm³/mol. The van der Waals surface area contributed by atoms with Gasteiger partial charge in [-0.1, -0.05) is 19.3 Å². The second-order valence-electron chi connectivity index (χ2n) is 5.39. The van der Waals surface area contributed by atoms with Gasteiger partial charge in [-0.05, 0) is 12.8 Å². The van der Waals surface area contributed by atoms with E-state index in [2.05, 4.69) is 0 Å². The first kappa shape index (κ1) is 19.8. The number of hydrogen-bond donors (Lipinski definition) is 6. The average Bonchev–Trinajstić information content (AvgIpc) is 2.51. The SMILES string of the molecule is O=C(O)C1(C(=O)O)CCCCC1.OCC(CO)(CO)CO. The van der Waals surface area contributed by atoms with Crippen LogP contribution in [0.4, 0.5) is 0 Å². The van der Waals surface area contributed by atoms with Gasteiger partial charge in [0.05, 0.1) is 31.8 Å². The van der Waals surface area contributed by atoms with Crippen LogP contribution in [-0.2, 0) is 9.59 Å². The van der Waals surface area contributed by atoms with Crippen LogP contribution in [0.5, 0.6) is 0 Å². The highest BCUT2D eigenvalue weighted by molar-refractivity contribution is 5.98. The van der Waals surface area contributed by atoms with Crippen molar-refractivity contribution in [3.63, 3.8) is 0 Å². The third-order valence-electron chi connectivity index (χ3n) is 3.87. The lowest BCUT2D eigenvalue weighted by Gasteiger charge is -2.28. The van der Waals surface area contributed by atoms with Crippen molar-refractivity contribution >= 4 is 11.9 Å². The zero-order valence-corrected chi connectivity index (χ0v) is 11.9. The molecule has 0 radical (unpaired) electrons. The molecule has 0 atom stereocenters. The van der Waals surface area contributed by atoms with E-state index < -0.39 is 49.2 Å². The zero-order valence-electron chi connectivity index (χ0n) is 11.9. The van der Waals surface area contributed by atoms with Crippen LogP contribution in [0.2, 0.25) is 0 Å². The molecule has 1 saturated carbocycles. The van der Waals surface area contributed by atoms with Gasteiger partial charge in [-0.25, -0.2) is 0 Å². The molecule has 0 amide bonds. The van der Waals surface area contributed by atoms with Crippen LogP contribution >= 0.6 is 0 Å². The molecule has 0 aromatic heterocycles. The van der Waals surface area contributed by atoms with Gasteiger partial charge in [0, 0.05) is 0 Å². The Morgan fingerprint density at radius 2 is 1.10 bits per heavy atom. The van der Waals surface area contributed by atoms with Gasteiger partial charge in [0.1, 0.15) is 0 Å². The van der Waals surface area contributed by atoms with Gasteiger partial charge in [0.2, 0.25) is 0 Å². The molecule has 1 fully saturated rings. The molecule has 8 nitrogen and oxygen atoms in total. The highest BCUT2D eigenvalue weighted by Gasteiger charge is 2.46. The Hall–Kier alpha value is -1.22. The maximum Gasteiger partial charge on any atom is 0.321 e. The third kappa shape index (κ3) is 4.92. The Morgan fingerprint density at radius 1 is 0.762 bits per heavy atom. The molecular weight excluding hydrogens is 284 g/mol. The number of aliphatic hydroxyl groups is 4. The minimum atomic E-state index is -1.49. The Bertz CT molecular complexity index is 298. The molecule has 1 aliphatic carbocycles. The van der Waals surface area contributed by atoms with Crippen LogP contribution in [-0.4, -0.2) is 69.0 Å². The molecule has 0 aromatic carbocycles. The molecule has 0 spiro atoms. The van der Waals surface area contributed by atoms with E-state index in [0.29, 0.717) is 12.8 Å². The normalized spacial score (nSPS) is 17.5. The molecule has 124 valence electrons. The lowest BCUT2D eigenvalue weighted by molar-refractivity contribution is -0.167. The lowest BCUT2D eigenvalue weighted by Crippen LogP contribution is -2.40. The van der Waals surface area contributed by atoms with Crippen molar-refractivity contribution in [1.82, 2.24) is 0 Å². The highest BCUT2D eigenvalue weighted by atomic mass is 16.4. The fraction of sp³-hybridized carbons (Fsp3) is 0.846. The van der Waals surface area contributed by atoms with E-state index in [-0.39, 0.29) is 12.8 Å². The summed E-state index contributed by atoms with van der Waals surface area (Å²) in [4.78, 5) is 21.5. The number of hydrogen-bond acceptors (Lipinski definition) is 6. The number of carbonyl (C=O) groups is 2. The minimum absolute atomic E-state index is 0.275. The van der Waals surface area contributed by atoms with Crippen molar-refractivity contribution in [2.75, 3.05) is 26.4 Å². The maximum atomic E-state index is 10.7. The van der Waals surface area contributed by atoms with E-state index in [9.17, 15) is 9.59 Å². The number of aliphatic hydroxyl groups excluding tert-OH is 4. The molecule has 21 heavy (non-hydrogen) atoms. The third-order valence-corrected chi connectivity index (χ3v) is 3.87. The van der Waals surface area contributed by atoms with Gasteiger partial charge in [-0.15, -0.1) is 0 Å². The molecule has 6 N–H and O–H groups in total. The van der Waals surface area contributed by atoms with E-state index in [1.807, 2.05) is 0 Å². The fourth-order valence-electron chi connectivity index (χ4n) is 1.97. The van der Waals surface area contributed by atoms with Gasteiger partial charge < -0.3 is 30.6 Å². The molecule has 0 heterocycles. The number of aliphatic carboxylic acids is 2. The van der Waals surface area contributed by atoms with Crippen molar-refractivity contribution in [2.45, 2.75) is 32.1 Å². The van der Waals surface area contributed by atoms with E-state index >= 15 is 0 Å². The standard InChI is InChI=1S/C8H12O4.C5H12O4/c9-6(10)8(7(11)12)4-2-1-3-5-8;6-1-5(2-7,3-8)4-9/h1-5H2,(H,9,10)(H,11,12);6-9H,1-4H2. The van der Waals surface area contributed by atoms with Crippen LogP contribution in [0.25, 0.3) is 0 Å². The van der Waals surface area contributed by atoms with Crippen molar-refractivity contribution in [1.29, 1.82) is 0 Å². The Balaban J connectivity index is 0.000000400. The van der Waals surface area contributed by atoms with Crippen molar-refractivity contribution < 1.29 is 40.2 Å². The molecule has 0 aromatic rings. The average molecular weight is 308 g/mol. The Labute approximate surface area is 122 Å². The summed E-state index contributed by atoms with van der Waals surface area (Å²) < 4.78 is 0. The first-order chi connectivity index (χ1) is 9.84. The lowest BCUT2D eigenvalue weighted by atomic mass is 9.74. The van der Waals surface area contributed by atoms with Crippen LogP contribution in [0.3, 0.4) is 0 Å². The van der Waals surface area contributed by atoms with Crippen molar-refractivity contribution in [2.24, 2.45) is 10.8 Å². The summed E-state index contributed by atoms with van der Waals surface area (Å²) in [5.74, 6) is -2.37. The van der Waals surface area contributed by atoms with Gasteiger partial charge in [-0.2, -0.15) is 0 Å². The second kappa shape index (κ2) is 8.93. The second-order valence-corrected chi connectivity index (χ2v) is 5.39. The van der Waals surface area contributed by atoms with Crippen molar-refractivity contribution in [3.05, 3.63) is 0 Å². The smallest absolute Gasteiger partial charge is 0.321 e. The highest BCUT2D eigenvalue weighted by Crippen LogP contribution is 2.36. The summed E-state index contributed by atoms with van der Waals surface area (Å²) in [6.45, 7) is -1.62. The Morgan fingerprint density at radius 3 is 1.24 bits per heavy atom. The predicted octanol–water partition coefficient (Wildman–Crippen LogP) is -0.952. The molecule has 8 heteroatoms. The van der Waals surface area contributed by atoms with Gasteiger partial charge in [-0.3, -0.25) is 9.59 Å². The molecule has 0 saturated heterocycles. The van der Waals surface area contributed by atoms with Crippen LogP contribution < -0.4 is 0 Å². The zero-order chi connectivity index (χ0) is 16.5. The summed E-state index contributed by atoms with van der Waals surface area (Å²) in [7, 11) is 0. The first-order valence-corrected chi connectivity index (χ1v) is 6.74. The monoisotopic (exact) mass is 308 g/mol. The van der Waals surface area contributed by atoms with E-state index in [1.165, 1.54) is 0 Å². The maximum absolute atomic E-state index is 10.7. The molecular formula is C13H24O8. The Kier molecular flexibility index (Phi) is 8.41. The number of carboxylic acid groups (broad SMARTS) is 2. The molecule has 0 bridgehead atoms. The van der Waals surface area contributed by atoms with Crippen LogP contribution in [0.1, 0.15) is 32.1 Å². The minimum Gasteiger partial charge on any atom is -0.480 e. The molecule has 1 rings (SSSR count). The van der Waals surface area contributed by atoms with E-state index in [4.69, 9.17) is 30.6 Å². The summed E-state index contributed by atoms with van der Waals surface area (Å²) in [6.07, 6.45) is 2.91. The molecule has 1 aliphatic rings. The van der Waals surface area contributed by atoms with Gasteiger partial charge in [0.25, 0.3) is 0 Å². The summed E-state index contributed by atoms with van der Waals surface area (Å²) in [5, 5.41) is 51.5. The van der Waals surface area contributed by atoms with Gasteiger partial charge >= 0.3 is 11.9 Å². The topological polar surface area (TPSA) is 156 Å².